The normalized spacial score (nSPS) is 11.8. The minimum absolute atomic E-state index is 1.16. The number of benzene rings is 2. The maximum Gasteiger partial charge on any atom is 0.0381 e. The molecule has 4 aromatic rings. The summed E-state index contributed by atoms with van der Waals surface area (Å²) in [5, 5.41) is 13.1. The minimum atomic E-state index is 1.16. The number of nitrogens with zero attached hydrogens (tertiary/aromatic N) is 4. The Balaban J connectivity index is 1.70. The molecule has 0 spiro atoms. The van der Waals surface area contributed by atoms with Crippen molar-refractivity contribution < 1.29 is 0 Å². The molecule has 4 heteroatoms. The Bertz CT molecular complexity index is 772. The molecule has 2 aromatic heterocycles. The predicted molar refractivity (Wildman–Crippen MR) is 79.5 cm³/mol. The molecule has 96 valence electrons. The molecule has 0 amide bonds. The van der Waals surface area contributed by atoms with Gasteiger partial charge in [0.05, 0.1) is 0 Å². The Morgan fingerprint density at radius 3 is 1.10 bits per heavy atom. The van der Waals surface area contributed by atoms with Crippen LogP contribution in [0.4, 0.5) is 0 Å². The molecular formula is C16H12N4. The van der Waals surface area contributed by atoms with Gasteiger partial charge in [-0.15, -0.1) is 0 Å². The fourth-order valence-electron chi connectivity index (χ4n) is 2.33. The summed E-state index contributed by atoms with van der Waals surface area (Å²) in [7, 11) is 0. The number of fused-ring (bicyclic) bond motifs is 2. The standard InChI is InChI=1S/C16H12N4/c1-2-6-14-10-19(9-13(14)5-1)17-18-20-11-15-7-3-4-8-16(15)12-20/h1-12H. The van der Waals surface area contributed by atoms with Gasteiger partial charge in [-0.1, -0.05) is 48.5 Å². The summed E-state index contributed by atoms with van der Waals surface area (Å²) in [6, 6.07) is 16.3. The van der Waals surface area contributed by atoms with Gasteiger partial charge in [0.15, 0.2) is 0 Å². The maximum atomic E-state index is 4.21. The Kier molecular flexibility index (Phi) is 2.39. The largest absolute Gasteiger partial charge is 0.227 e. The zero-order chi connectivity index (χ0) is 13.4. The van der Waals surface area contributed by atoms with Crippen LogP contribution in [0.5, 0.6) is 0 Å². The van der Waals surface area contributed by atoms with Crippen molar-refractivity contribution in [2.45, 2.75) is 0 Å². The Hall–Kier alpha value is -2.88. The summed E-state index contributed by atoms with van der Waals surface area (Å²) in [6.45, 7) is 0. The first kappa shape index (κ1) is 11.0. The van der Waals surface area contributed by atoms with Crippen LogP contribution < -0.4 is 0 Å². The van der Waals surface area contributed by atoms with Crippen molar-refractivity contribution in [2.24, 2.45) is 10.4 Å². The van der Waals surface area contributed by atoms with E-state index in [4.69, 9.17) is 0 Å². The highest BCUT2D eigenvalue weighted by atomic mass is 15.6. The lowest BCUT2D eigenvalue weighted by Crippen LogP contribution is -1.84. The van der Waals surface area contributed by atoms with Crippen molar-refractivity contribution in [3.8, 4) is 0 Å². The fourth-order valence-corrected chi connectivity index (χ4v) is 2.33. The Labute approximate surface area is 115 Å². The molecule has 0 radical (unpaired) electrons. The summed E-state index contributed by atoms with van der Waals surface area (Å²) < 4.78 is 3.46. The molecule has 2 aromatic carbocycles. The molecule has 0 aliphatic rings. The first-order chi connectivity index (χ1) is 9.88. The van der Waals surface area contributed by atoms with Crippen molar-refractivity contribution in [3.63, 3.8) is 0 Å². The molecule has 20 heavy (non-hydrogen) atoms. The molecule has 0 N–H and O–H groups in total. The number of rotatable bonds is 2. The molecule has 0 aliphatic carbocycles. The molecule has 0 saturated heterocycles. The number of hydrogen-bond acceptors (Lipinski definition) is 2. The van der Waals surface area contributed by atoms with Gasteiger partial charge < -0.3 is 0 Å². The van der Waals surface area contributed by atoms with E-state index >= 15 is 0 Å². The topological polar surface area (TPSA) is 34.6 Å². The van der Waals surface area contributed by atoms with Crippen LogP contribution in [0.25, 0.3) is 21.5 Å². The van der Waals surface area contributed by atoms with Crippen LogP contribution in [0.3, 0.4) is 0 Å². The summed E-state index contributed by atoms with van der Waals surface area (Å²) >= 11 is 0. The molecule has 4 nitrogen and oxygen atoms in total. The fraction of sp³-hybridized carbons (Fsp3) is 0. The monoisotopic (exact) mass is 260 g/mol. The van der Waals surface area contributed by atoms with Crippen LogP contribution in [0, 0.1) is 0 Å². The SMILES string of the molecule is c1ccc2cn(N=Nn3cc4ccccc4c3)cc2c1. The second kappa shape index (κ2) is 4.35. The van der Waals surface area contributed by atoms with Gasteiger partial charge in [0, 0.05) is 46.3 Å². The van der Waals surface area contributed by atoms with Crippen molar-refractivity contribution in [1.82, 2.24) is 9.35 Å². The van der Waals surface area contributed by atoms with E-state index in [1.165, 1.54) is 0 Å². The van der Waals surface area contributed by atoms with Gasteiger partial charge in [-0.2, -0.15) is 0 Å². The van der Waals surface area contributed by atoms with Gasteiger partial charge >= 0.3 is 0 Å². The quantitative estimate of drug-likeness (QED) is 0.482. The summed E-state index contributed by atoms with van der Waals surface area (Å²) in [5.74, 6) is 0. The second-order valence-electron chi connectivity index (χ2n) is 4.71. The van der Waals surface area contributed by atoms with Gasteiger partial charge in [0.25, 0.3) is 0 Å². The van der Waals surface area contributed by atoms with Gasteiger partial charge in [0.1, 0.15) is 0 Å². The maximum absolute atomic E-state index is 4.21. The second-order valence-corrected chi connectivity index (χ2v) is 4.71. The molecule has 2 heterocycles. The third-order valence-electron chi connectivity index (χ3n) is 3.32. The highest BCUT2D eigenvalue weighted by Gasteiger charge is 1.97. The van der Waals surface area contributed by atoms with Crippen molar-refractivity contribution >= 4 is 21.5 Å². The third kappa shape index (κ3) is 1.87. The summed E-state index contributed by atoms with van der Waals surface area (Å²) in [5.41, 5.74) is 0. The van der Waals surface area contributed by atoms with E-state index in [0.717, 1.165) is 21.5 Å². The van der Waals surface area contributed by atoms with E-state index in [0.29, 0.717) is 0 Å². The molecule has 0 bridgehead atoms. The summed E-state index contributed by atoms with van der Waals surface area (Å²) in [4.78, 5) is 0. The average Bonchev–Trinajstić information content (AvgIpc) is 3.07. The number of hydrogen-bond donors (Lipinski definition) is 0. The van der Waals surface area contributed by atoms with E-state index in [1.807, 2.05) is 49.1 Å². The van der Waals surface area contributed by atoms with E-state index in [-0.39, 0.29) is 0 Å². The van der Waals surface area contributed by atoms with Crippen molar-refractivity contribution in [3.05, 3.63) is 73.3 Å². The highest BCUT2D eigenvalue weighted by molar-refractivity contribution is 5.82. The first-order valence-corrected chi connectivity index (χ1v) is 6.44. The van der Waals surface area contributed by atoms with Crippen molar-refractivity contribution in [1.29, 1.82) is 0 Å². The zero-order valence-electron chi connectivity index (χ0n) is 10.7. The lowest BCUT2D eigenvalue weighted by Gasteiger charge is -1.90. The lowest BCUT2D eigenvalue weighted by atomic mass is 10.2. The summed E-state index contributed by atoms with van der Waals surface area (Å²) in [6.07, 6.45) is 7.84. The van der Waals surface area contributed by atoms with Crippen LogP contribution in [0.2, 0.25) is 0 Å². The lowest BCUT2D eigenvalue weighted by molar-refractivity contribution is 0.695. The molecule has 0 atom stereocenters. The minimum Gasteiger partial charge on any atom is -0.227 e. The van der Waals surface area contributed by atoms with Gasteiger partial charge in [-0.05, 0) is 10.4 Å². The van der Waals surface area contributed by atoms with E-state index < -0.39 is 0 Å². The molecule has 0 saturated carbocycles. The number of aromatic nitrogens is 2. The molecule has 0 unspecified atom stereocenters. The molecule has 0 aliphatic heterocycles. The van der Waals surface area contributed by atoms with Gasteiger partial charge in [0.2, 0.25) is 0 Å². The van der Waals surface area contributed by atoms with E-state index in [2.05, 4.69) is 34.7 Å². The van der Waals surface area contributed by atoms with Crippen LogP contribution >= 0.6 is 0 Å². The Morgan fingerprint density at radius 1 is 0.500 bits per heavy atom. The van der Waals surface area contributed by atoms with Gasteiger partial charge in [-0.25, -0.2) is 9.35 Å². The predicted octanol–water partition coefficient (Wildman–Crippen LogP) is 4.27. The van der Waals surface area contributed by atoms with E-state index in [1.54, 1.807) is 9.35 Å². The Morgan fingerprint density at radius 2 is 0.800 bits per heavy atom. The van der Waals surface area contributed by atoms with E-state index in [9.17, 15) is 0 Å². The van der Waals surface area contributed by atoms with Crippen LogP contribution in [-0.4, -0.2) is 9.35 Å². The van der Waals surface area contributed by atoms with Crippen LogP contribution in [0.15, 0.2) is 83.8 Å². The smallest absolute Gasteiger partial charge is 0.0381 e. The van der Waals surface area contributed by atoms with Gasteiger partial charge in [-0.3, -0.25) is 0 Å². The average molecular weight is 260 g/mol. The van der Waals surface area contributed by atoms with Crippen molar-refractivity contribution in [2.75, 3.05) is 0 Å². The van der Waals surface area contributed by atoms with Crippen LogP contribution in [-0.2, 0) is 0 Å². The highest BCUT2D eigenvalue weighted by Crippen LogP contribution is 2.16. The zero-order valence-corrected chi connectivity index (χ0v) is 10.7. The first-order valence-electron chi connectivity index (χ1n) is 6.44. The molecule has 0 fully saturated rings. The van der Waals surface area contributed by atoms with Crippen LogP contribution in [0.1, 0.15) is 0 Å². The third-order valence-corrected chi connectivity index (χ3v) is 3.32. The molecule has 4 rings (SSSR count). The molecular weight excluding hydrogens is 248 g/mol.